The van der Waals surface area contributed by atoms with Crippen LogP contribution in [0.2, 0.25) is 0 Å². The summed E-state index contributed by atoms with van der Waals surface area (Å²) >= 11 is 0. The maximum absolute atomic E-state index is 11.0. The Labute approximate surface area is 194 Å². The monoisotopic (exact) mass is 435 g/mol. The first-order valence-electron chi connectivity index (χ1n) is 12.8. The Bertz CT molecular complexity index is 827. The number of rotatable bonds is 8. The molecule has 2 fully saturated rings. The van der Waals surface area contributed by atoms with Gasteiger partial charge in [0.2, 0.25) is 0 Å². The molecule has 1 saturated carbocycles. The smallest absolute Gasteiger partial charge is 0.118 e. The summed E-state index contributed by atoms with van der Waals surface area (Å²) in [6, 6.07) is 17.1. The van der Waals surface area contributed by atoms with Crippen LogP contribution in [-0.2, 0) is 0 Å². The van der Waals surface area contributed by atoms with Crippen LogP contribution in [0.3, 0.4) is 0 Å². The Balaban J connectivity index is 1.41. The second-order valence-corrected chi connectivity index (χ2v) is 10.1. The lowest BCUT2D eigenvalue weighted by molar-refractivity contribution is 0.111. The summed E-state index contributed by atoms with van der Waals surface area (Å²) < 4.78 is 5.25. The van der Waals surface area contributed by atoms with E-state index < -0.39 is 6.10 Å². The van der Waals surface area contributed by atoms with Crippen molar-refractivity contribution < 1.29 is 9.84 Å². The van der Waals surface area contributed by atoms with E-state index in [0.717, 1.165) is 35.4 Å². The highest BCUT2D eigenvalue weighted by Gasteiger charge is 2.27. The molecule has 2 aromatic rings. The molecule has 1 N–H and O–H groups in total. The lowest BCUT2D eigenvalue weighted by Gasteiger charge is -2.40. The summed E-state index contributed by atoms with van der Waals surface area (Å²) in [6.07, 6.45) is 12.1. The molecule has 0 aromatic heterocycles. The Morgan fingerprint density at radius 3 is 2.38 bits per heavy atom. The van der Waals surface area contributed by atoms with E-state index in [4.69, 9.17) is 4.74 Å². The Morgan fingerprint density at radius 2 is 1.62 bits per heavy atom. The van der Waals surface area contributed by atoms with E-state index in [1.54, 1.807) is 7.11 Å². The van der Waals surface area contributed by atoms with Crippen LogP contribution in [0.25, 0.3) is 0 Å². The fraction of sp³-hybridized carbons (Fsp3) is 0.586. The van der Waals surface area contributed by atoms with Gasteiger partial charge in [0.25, 0.3) is 0 Å². The van der Waals surface area contributed by atoms with Crippen LogP contribution in [0.1, 0.15) is 93.4 Å². The molecule has 1 heterocycles. The maximum Gasteiger partial charge on any atom is 0.118 e. The molecular formula is C29H41NO2. The molecule has 0 spiro atoms. The molecular weight excluding hydrogens is 394 g/mol. The molecule has 32 heavy (non-hydrogen) atoms. The van der Waals surface area contributed by atoms with Crippen molar-refractivity contribution in [3.05, 3.63) is 65.2 Å². The molecule has 3 atom stereocenters. The predicted molar refractivity (Wildman–Crippen MR) is 132 cm³/mol. The molecule has 0 amide bonds. The van der Waals surface area contributed by atoms with Crippen molar-refractivity contribution in [2.75, 3.05) is 20.2 Å². The fourth-order valence-corrected chi connectivity index (χ4v) is 5.85. The van der Waals surface area contributed by atoms with E-state index in [0.29, 0.717) is 5.92 Å². The average Bonchev–Trinajstić information content (AvgIpc) is 2.85. The quantitative estimate of drug-likeness (QED) is 0.500. The number of likely N-dealkylation sites (tertiary alicyclic amines) is 1. The molecule has 3 nitrogen and oxygen atoms in total. The van der Waals surface area contributed by atoms with Crippen LogP contribution in [0, 0.1) is 5.92 Å². The first-order valence-corrected chi connectivity index (χ1v) is 12.8. The molecule has 0 radical (unpaired) electrons. The first-order chi connectivity index (χ1) is 15.6. The largest absolute Gasteiger partial charge is 0.497 e. The molecule has 1 saturated heterocycles. The van der Waals surface area contributed by atoms with Gasteiger partial charge >= 0.3 is 0 Å². The van der Waals surface area contributed by atoms with Gasteiger partial charge in [-0.25, -0.2) is 0 Å². The standard InChI is InChI=1S/C29H41NO2/c1-22(21-30-18-7-6-13-27(30)19-23-9-4-3-5-10-23)25-11-8-12-26(20-25)29(31)24-14-16-28(32-2)17-15-24/h8,11-12,14-17,20,22-23,27,29,31H,3-7,9-10,13,18-19,21H2,1-2H3. The number of hydrogen-bond donors (Lipinski definition) is 1. The summed E-state index contributed by atoms with van der Waals surface area (Å²) in [5.74, 6) is 2.23. The zero-order valence-corrected chi connectivity index (χ0v) is 20.0. The number of ether oxygens (including phenoxy) is 1. The third-order valence-corrected chi connectivity index (χ3v) is 7.81. The number of nitrogens with zero attached hydrogens (tertiary/aromatic N) is 1. The summed E-state index contributed by atoms with van der Waals surface area (Å²) in [5, 5.41) is 11.0. The minimum Gasteiger partial charge on any atom is -0.497 e. The molecule has 4 rings (SSSR count). The lowest BCUT2D eigenvalue weighted by atomic mass is 9.82. The van der Waals surface area contributed by atoms with Gasteiger partial charge in [-0.2, -0.15) is 0 Å². The second-order valence-electron chi connectivity index (χ2n) is 10.1. The van der Waals surface area contributed by atoms with Crippen LogP contribution >= 0.6 is 0 Å². The normalized spacial score (nSPS) is 22.4. The van der Waals surface area contributed by atoms with Gasteiger partial charge < -0.3 is 9.84 Å². The number of piperidine rings is 1. The Hall–Kier alpha value is -1.84. The van der Waals surface area contributed by atoms with E-state index in [9.17, 15) is 5.11 Å². The molecule has 2 aliphatic rings. The highest BCUT2D eigenvalue weighted by Crippen LogP contribution is 2.33. The number of benzene rings is 2. The summed E-state index contributed by atoms with van der Waals surface area (Å²) in [6.45, 7) is 4.72. The van der Waals surface area contributed by atoms with Gasteiger partial charge in [-0.1, -0.05) is 81.8 Å². The summed E-state index contributed by atoms with van der Waals surface area (Å²) in [4.78, 5) is 2.79. The van der Waals surface area contributed by atoms with Gasteiger partial charge in [0, 0.05) is 12.6 Å². The van der Waals surface area contributed by atoms with Crippen LogP contribution in [0.4, 0.5) is 0 Å². The maximum atomic E-state index is 11.0. The van der Waals surface area contributed by atoms with Crippen molar-refractivity contribution >= 4 is 0 Å². The van der Waals surface area contributed by atoms with E-state index >= 15 is 0 Å². The van der Waals surface area contributed by atoms with Crippen molar-refractivity contribution in [3.63, 3.8) is 0 Å². The van der Waals surface area contributed by atoms with Gasteiger partial charge in [-0.15, -0.1) is 0 Å². The van der Waals surface area contributed by atoms with Crippen molar-refractivity contribution in [2.24, 2.45) is 5.92 Å². The topological polar surface area (TPSA) is 32.7 Å². The highest BCUT2D eigenvalue weighted by molar-refractivity contribution is 5.36. The van der Waals surface area contributed by atoms with Crippen LogP contribution in [-0.4, -0.2) is 36.2 Å². The molecule has 1 aliphatic heterocycles. The fourth-order valence-electron chi connectivity index (χ4n) is 5.85. The molecule has 2 aromatic carbocycles. The summed E-state index contributed by atoms with van der Waals surface area (Å²) in [5.41, 5.74) is 3.20. The molecule has 3 unspecified atom stereocenters. The Morgan fingerprint density at radius 1 is 0.906 bits per heavy atom. The van der Waals surface area contributed by atoms with E-state index in [-0.39, 0.29) is 0 Å². The van der Waals surface area contributed by atoms with Gasteiger partial charge in [0.15, 0.2) is 0 Å². The average molecular weight is 436 g/mol. The van der Waals surface area contributed by atoms with Gasteiger partial charge in [-0.05, 0) is 66.5 Å². The van der Waals surface area contributed by atoms with E-state index in [2.05, 4.69) is 30.0 Å². The van der Waals surface area contributed by atoms with Crippen molar-refractivity contribution in [2.45, 2.75) is 82.8 Å². The van der Waals surface area contributed by atoms with Crippen LogP contribution in [0.5, 0.6) is 5.75 Å². The highest BCUT2D eigenvalue weighted by atomic mass is 16.5. The number of aliphatic hydroxyl groups is 1. The zero-order valence-electron chi connectivity index (χ0n) is 20.0. The first kappa shape index (κ1) is 23.3. The van der Waals surface area contributed by atoms with Crippen LogP contribution < -0.4 is 4.74 Å². The molecule has 3 heteroatoms. The van der Waals surface area contributed by atoms with Gasteiger partial charge in [0.1, 0.15) is 11.9 Å². The lowest BCUT2D eigenvalue weighted by Crippen LogP contribution is -2.42. The minimum absolute atomic E-state index is 0.463. The van der Waals surface area contributed by atoms with Crippen molar-refractivity contribution in [1.82, 2.24) is 4.90 Å². The molecule has 1 aliphatic carbocycles. The van der Waals surface area contributed by atoms with Gasteiger partial charge in [-0.3, -0.25) is 4.90 Å². The molecule has 0 bridgehead atoms. The third kappa shape index (κ3) is 5.94. The second kappa shape index (κ2) is 11.3. The van der Waals surface area contributed by atoms with E-state index in [1.807, 2.05) is 30.3 Å². The SMILES string of the molecule is COc1ccc(C(O)c2cccc(C(C)CN3CCCCC3CC3CCCCC3)c2)cc1. The third-order valence-electron chi connectivity index (χ3n) is 7.81. The molecule has 174 valence electrons. The van der Waals surface area contributed by atoms with Crippen molar-refractivity contribution in [3.8, 4) is 5.75 Å². The van der Waals surface area contributed by atoms with Crippen molar-refractivity contribution in [1.29, 1.82) is 0 Å². The minimum atomic E-state index is -0.609. The van der Waals surface area contributed by atoms with E-state index in [1.165, 1.54) is 69.9 Å². The predicted octanol–water partition coefficient (Wildman–Crippen LogP) is 6.71. The number of hydrogen-bond acceptors (Lipinski definition) is 3. The van der Waals surface area contributed by atoms with Crippen LogP contribution in [0.15, 0.2) is 48.5 Å². The van der Waals surface area contributed by atoms with Gasteiger partial charge in [0.05, 0.1) is 7.11 Å². The Kier molecular flexibility index (Phi) is 8.26. The number of methoxy groups -OCH3 is 1. The number of aliphatic hydroxyl groups excluding tert-OH is 1. The zero-order chi connectivity index (χ0) is 22.3. The summed E-state index contributed by atoms with van der Waals surface area (Å²) in [7, 11) is 1.67.